The van der Waals surface area contributed by atoms with Gasteiger partial charge in [-0.3, -0.25) is 19.3 Å². The summed E-state index contributed by atoms with van der Waals surface area (Å²) in [7, 11) is 0. The van der Waals surface area contributed by atoms with Crippen LogP contribution in [0.25, 0.3) is 6.08 Å². The Morgan fingerprint density at radius 2 is 2.00 bits per heavy atom. The number of imide groups is 1. The van der Waals surface area contributed by atoms with Gasteiger partial charge >= 0.3 is 5.97 Å². The van der Waals surface area contributed by atoms with Gasteiger partial charge < -0.3 is 15.5 Å². The molecular formula is C17H12N2O6S2. The van der Waals surface area contributed by atoms with E-state index in [2.05, 4.69) is 5.32 Å². The van der Waals surface area contributed by atoms with Crippen LogP contribution >= 0.6 is 23.1 Å². The highest BCUT2D eigenvalue weighted by Crippen LogP contribution is 2.32. The minimum absolute atomic E-state index is 0.122. The number of carboxylic acids is 1. The summed E-state index contributed by atoms with van der Waals surface area (Å²) in [6.07, 6.45) is 1.59. The third-order valence-corrected chi connectivity index (χ3v) is 5.23. The lowest BCUT2D eigenvalue weighted by molar-refractivity contribution is -0.127. The number of nitrogens with zero attached hydrogens (tertiary/aromatic N) is 1. The first-order valence-corrected chi connectivity index (χ1v) is 9.20. The molecule has 0 radical (unpaired) electrons. The van der Waals surface area contributed by atoms with E-state index in [1.54, 1.807) is 12.1 Å². The second kappa shape index (κ2) is 7.64. The number of amides is 3. The minimum Gasteiger partial charge on any atom is -0.507 e. The number of phenols is 1. The van der Waals surface area contributed by atoms with Crippen LogP contribution in [0.2, 0.25) is 0 Å². The number of anilines is 1. The first-order chi connectivity index (χ1) is 12.8. The van der Waals surface area contributed by atoms with E-state index in [-0.39, 0.29) is 16.2 Å². The van der Waals surface area contributed by atoms with E-state index in [4.69, 9.17) is 5.11 Å². The molecule has 3 N–H and O–H groups in total. The van der Waals surface area contributed by atoms with Crippen LogP contribution in [-0.2, 0) is 9.59 Å². The summed E-state index contributed by atoms with van der Waals surface area (Å²) >= 11 is 2.17. The average Bonchev–Trinajstić information content (AvgIpc) is 3.21. The van der Waals surface area contributed by atoms with Gasteiger partial charge in [-0.15, -0.1) is 11.3 Å². The number of aromatic carboxylic acids is 1. The molecule has 0 aliphatic carbocycles. The number of aromatic hydroxyl groups is 1. The molecule has 1 fully saturated rings. The molecule has 3 rings (SSSR count). The van der Waals surface area contributed by atoms with Crippen molar-refractivity contribution in [2.45, 2.75) is 0 Å². The number of carbonyl (C=O) groups is 4. The number of nitrogens with one attached hydrogen (secondary N) is 1. The van der Waals surface area contributed by atoms with Crippen molar-refractivity contribution in [3.8, 4) is 5.75 Å². The summed E-state index contributed by atoms with van der Waals surface area (Å²) in [6, 6.07) is 7.14. The van der Waals surface area contributed by atoms with E-state index in [0.717, 1.165) is 33.7 Å². The fourth-order valence-corrected chi connectivity index (χ4v) is 3.83. The van der Waals surface area contributed by atoms with Crippen molar-refractivity contribution in [1.82, 2.24) is 4.90 Å². The third-order valence-electron chi connectivity index (χ3n) is 3.50. The molecule has 27 heavy (non-hydrogen) atoms. The summed E-state index contributed by atoms with van der Waals surface area (Å²) < 4.78 is 0. The minimum atomic E-state index is -1.35. The normalized spacial score (nSPS) is 15.4. The molecular weight excluding hydrogens is 392 g/mol. The van der Waals surface area contributed by atoms with Gasteiger partial charge in [0.25, 0.3) is 11.1 Å². The molecule has 138 valence electrons. The van der Waals surface area contributed by atoms with Crippen LogP contribution in [0.5, 0.6) is 5.75 Å². The molecule has 0 spiro atoms. The number of hydrogen-bond donors (Lipinski definition) is 3. The Morgan fingerprint density at radius 3 is 2.67 bits per heavy atom. The van der Waals surface area contributed by atoms with E-state index in [0.29, 0.717) is 0 Å². The van der Waals surface area contributed by atoms with Gasteiger partial charge in [0.1, 0.15) is 17.9 Å². The van der Waals surface area contributed by atoms with Crippen molar-refractivity contribution in [2.24, 2.45) is 0 Å². The number of thiophene rings is 1. The Labute approximate surface area is 161 Å². The van der Waals surface area contributed by atoms with Gasteiger partial charge in [0.15, 0.2) is 0 Å². The highest BCUT2D eigenvalue weighted by Gasteiger charge is 2.36. The maximum atomic E-state index is 12.3. The van der Waals surface area contributed by atoms with Crippen molar-refractivity contribution in [3.05, 3.63) is 51.1 Å². The molecule has 2 heterocycles. The van der Waals surface area contributed by atoms with Gasteiger partial charge in [-0.05, 0) is 47.5 Å². The number of carbonyl (C=O) groups excluding carboxylic acids is 3. The molecule has 1 aliphatic rings. The number of rotatable bonds is 5. The summed E-state index contributed by atoms with van der Waals surface area (Å²) in [5.74, 6) is -3.03. The molecule has 0 unspecified atom stereocenters. The van der Waals surface area contributed by atoms with Gasteiger partial charge in [-0.1, -0.05) is 6.07 Å². The van der Waals surface area contributed by atoms with E-state index in [1.165, 1.54) is 17.4 Å². The van der Waals surface area contributed by atoms with E-state index < -0.39 is 35.3 Å². The first kappa shape index (κ1) is 18.7. The summed E-state index contributed by atoms with van der Waals surface area (Å²) in [5, 5.41) is 22.1. The van der Waals surface area contributed by atoms with Crippen LogP contribution in [0, 0.1) is 0 Å². The number of benzene rings is 1. The SMILES string of the molecule is O=C(CN1C(=O)S/C(=C/c2cccs2)C1=O)Nc1ccc(O)c(C(=O)O)c1. The molecule has 1 aliphatic heterocycles. The van der Waals surface area contributed by atoms with Crippen LogP contribution in [0.15, 0.2) is 40.6 Å². The molecule has 2 aromatic rings. The Kier molecular flexibility index (Phi) is 5.28. The lowest BCUT2D eigenvalue weighted by Gasteiger charge is -2.13. The fourth-order valence-electron chi connectivity index (χ4n) is 2.27. The largest absolute Gasteiger partial charge is 0.507 e. The Morgan fingerprint density at radius 1 is 1.22 bits per heavy atom. The van der Waals surface area contributed by atoms with E-state index in [1.807, 2.05) is 11.4 Å². The average molecular weight is 404 g/mol. The van der Waals surface area contributed by atoms with Gasteiger partial charge in [-0.2, -0.15) is 0 Å². The quantitative estimate of drug-likeness (QED) is 0.517. The second-order valence-electron chi connectivity index (χ2n) is 5.37. The van der Waals surface area contributed by atoms with Crippen LogP contribution in [-0.4, -0.2) is 44.7 Å². The summed E-state index contributed by atoms with van der Waals surface area (Å²) in [4.78, 5) is 49.4. The van der Waals surface area contributed by atoms with Crippen molar-refractivity contribution < 1.29 is 29.4 Å². The molecule has 3 amide bonds. The van der Waals surface area contributed by atoms with Gasteiger partial charge in [-0.25, -0.2) is 4.79 Å². The zero-order chi connectivity index (χ0) is 19.6. The second-order valence-corrected chi connectivity index (χ2v) is 7.34. The van der Waals surface area contributed by atoms with Crippen molar-refractivity contribution in [2.75, 3.05) is 11.9 Å². The van der Waals surface area contributed by atoms with Gasteiger partial charge in [0.2, 0.25) is 5.91 Å². The Hall–Kier alpha value is -3.11. The Bertz CT molecular complexity index is 968. The summed E-state index contributed by atoms with van der Waals surface area (Å²) in [6.45, 7) is -0.504. The molecule has 0 bridgehead atoms. The van der Waals surface area contributed by atoms with Crippen molar-refractivity contribution in [1.29, 1.82) is 0 Å². The van der Waals surface area contributed by atoms with Crippen molar-refractivity contribution in [3.63, 3.8) is 0 Å². The lowest BCUT2D eigenvalue weighted by Crippen LogP contribution is -2.36. The highest BCUT2D eigenvalue weighted by molar-refractivity contribution is 8.18. The molecule has 1 saturated heterocycles. The first-order valence-electron chi connectivity index (χ1n) is 7.50. The monoisotopic (exact) mass is 404 g/mol. The number of hydrogen-bond acceptors (Lipinski definition) is 7. The van der Waals surface area contributed by atoms with E-state index >= 15 is 0 Å². The van der Waals surface area contributed by atoms with E-state index in [9.17, 15) is 24.3 Å². The van der Waals surface area contributed by atoms with Crippen LogP contribution in [0.1, 0.15) is 15.2 Å². The fraction of sp³-hybridized carbons (Fsp3) is 0.0588. The molecule has 0 saturated carbocycles. The maximum Gasteiger partial charge on any atom is 0.339 e. The number of thioether (sulfide) groups is 1. The van der Waals surface area contributed by atoms with Gasteiger partial charge in [0, 0.05) is 10.6 Å². The Balaban J connectivity index is 1.69. The third kappa shape index (κ3) is 4.18. The zero-order valence-corrected chi connectivity index (χ0v) is 15.2. The zero-order valence-electron chi connectivity index (χ0n) is 13.5. The predicted octanol–water partition coefficient (Wildman–Crippen LogP) is 2.83. The molecule has 1 aromatic carbocycles. The predicted molar refractivity (Wildman–Crippen MR) is 101 cm³/mol. The standard InChI is InChI=1S/C17H12N2O6S2/c20-12-4-3-9(6-11(12)16(23)24)18-14(21)8-19-15(22)13(27-17(19)25)7-10-2-1-5-26-10/h1-7,20H,8H2,(H,18,21)(H,23,24)/b13-7+. The molecule has 1 aromatic heterocycles. The van der Waals surface area contributed by atoms with Gasteiger partial charge in [0.05, 0.1) is 4.91 Å². The van der Waals surface area contributed by atoms with Crippen LogP contribution in [0.4, 0.5) is 10.5 Å². The highest BCUT2D eigenvalue weighted by atomic mass is 32.2. The molecule has 0 atom stereocenters. The smallest absolute Gasteiger partial charge is 0.339 e. The maximum absolute atomic E-state index is 12.3. The summed E-state index contributed by atoms with van der Waals surface area (Å²) in [5.41, 5.74) is -0.255. The molecule has 8 nitrogen and oxygen atoms in total. The number of carboxylic acid groups (broad SMARTS) is 1. The van der Waals surface area contributed by atoms with Crippen molar-refractivity contribution >= 4 is 57.9 Å². The molecule has 10 heteroatoms. The lowest BCUT2D eigenvalue weighted by atomic mass is 10.2. The van der Waals surface area contributed by atoms with Crippen LogP contribution in [0.3, 0.4) is 0 Å². The van der Waals surface area contributed by atoms with Crippen LogP contribution < -0.4 is 5.32 Å². The topological polar surface area (TPSA) is 124 Å².